The summed E-state index contributed by atoms with van der Waals surface area (Å²) in [4.78, 5) is 22.7. The molecule has 0 heterocycles. The summed E-state index contributed by atoms with van der Waals surface area (Å²) in [6.45, 7) is 4.54. The highest BCUT2D eigenvalue weighted by molar-refractivity contribution is 7.47. The highest BCUT2D eigenvalue weighted by atomic mass is 31.2. The summed E-state index contributed by atoms with van der Waals surface area (Å²) < 4.78 is 23.1. The van der Waals surface area contributed by atoms with E-state index in [4.69, 9.17) is 9.05 Å². The van der Waals surface area contributed by atoms with E-state index in [0.717, 1.165) is 38.5 Å². The number of unbranched alkanes of at least 4 members (excludes halogenated alkanes) is 13. The van der Waals surface area contributed by atoms with Gasteiger partial charge in [0.1, 0.15) is 13.2 Å². The van der Waals surface area contributed by atoms with E-state index in [2.05, 4.69) is 36.5 Å². The normalized spacial score (nSPS) is 15.3. The van der Waals surface area contributed by atoms with Gasteiger partial charge < -0.3 is 19.8 Å². The summed E-state index contributed by atoms with van der Waals surface area (Å²) in [6, 6.07) is -0.842. The van der Waals surface area contributed by atoms with Crippen molar-refractivity contribution in [3.63, 3.8) is 0 Å². The molecule has 0 fully saturated rings. The van der Waals surface area contributed by atoms with Crippen molar-refractivity contribution >= 4 is 13.7 Å². The molecule has 0 aliphatic rings. The van der Waals surface area contributed by atoms with Crippen molar-refractivity contribution in [1.29, 1.82) is 0 Å². The lowest BCUT2D eigenvalue weighted by Crippen LogP contribution is -2.45. The Morgan fingerprint density at radius 1 is 0.773 bits per heavy atom. The first-order valence-electron chi connectivity index (χ1n) is 17.4. The monoisotopic (exact) mass is 643 g/mol. The summed E-state index contributed by atoms with van der Waals surface area (Å²) in [5.41, 5.74) is 0. The fourth-order valence-electron chi connectivity index (χ4n) is 4.49. The van der Waals surface area contributed by atoms with Gasteiger partial charge in [0.25, 0.3) is 0 Å². The van der Waals surface area contributed by atoms with Gasteiger partial charge >= 0.3 is 7.82 Å². The Morgan fingerprint density at radius 2 is 1.34 bits per heavy atom. The zero-order valence-electron chi connectivity index (χ0n) is 28.9. The number of nitrogens with one attached hydrogen (secondary N) is 1. The first-order valence-corrected chi connectivity index (χ1v) is 18.9. The minimum Gasteiger partial charge on any atom is -0.387 e. The maximum atomic E-state index is 12.6. The fraction of sp³-hybridized carbons (Fsp3) is 0.800. The highest BCUT2D eigenvalue weighted by Gasteiger charge is 2.27. The lowest BCUT2D eigenvalue weighted by molar-refractivity contribution is -0.870. The quantitative estimate of drug-likeness (QED) is 0.0314. The molecular weight excluding hydrogens is 575 g/mol. The molecule has 44 heavy (non-hydrogen) atoms. The lowest BCUT2D eigenvalue weighted by atomic mass is 10.1. The third-order valence-corrected chi connectivity index (χ3v) is 8.32. The summed E-state index contributed by atoms with van der Waals surface area (Å²) in [5.74, 6) is -0.197. The van der Waals surface area contributed by atoms with Crippen molar-refractivity contribution < 1.29 is 32.9 Å². The van der Waals surface area contributed by atoms with Crippen molar-refractivity contribution in [3.05, 3.63) is 36.5 Å². The maximum absolute atomic E-state index is 12.6. The molecule has 0 aromatic rings. The average molecular weight is 644 g/mol. The van der Waals surface area contributed by atoms with E-state index >= 15 is 0 Å². The summed E-state index contributed by atoms with van der Waals surface area (Å²) in [5, 5.41) is 13.4. The first-order chi connectivity index (χ1) is 21.0. The average Bonchev–Trinajstić information content (AvgIpc) is 2.95. The Labute approximate surface area is 270 Å². The number of carbonyl (C=O) groups is 1. The predicted molar refractivity (Wildman–Crippen MR) is 184 cm³/mol. The van der Waals surface area contributed by atoms with E-state index in [1.165, 1.54) is 70.6 Å². The minimum atomic E-state index is -4.31. The van der Waals surface area contributed by atoms with Gasteiger partial charge in [0.2, 0.25) is 5.91 Å². The Morgan fingerprint density at radius 3 is 1.91 bits per heavy atom. The van der Waals surface area contributed by atoms with Gasteiger partial charge in [0.05, 0.1) is 39.9 Å². The molecule has 0 aromatic carbocycles. The third-order valence-electron chi connectivity index (χ3n) is 7.34. The van der Waals surface area contributed by atoms with Crippen molar-refractivity contribution in [2.75, 3.05) is 40.9 Å². The van der Waals surface area contributed by atoms with Crippen LogP contribution in [0.25, 0.3) is 0 Å². The van der Waals surface area contributed by atoms with Crippen LogP contribution in [0.5, 0.6) is 0 Å². The summed E-state index contributed by atoms with van der Waals surface area (Å²) in [7, 11) is 1.55. The maximum Gasteiger partial charge on any atom is 0.472 e. The Bertz CT molecular complexity index is 825. The zero-order valence-corrected chi connectivity index (χ0v) is 29.8. The van der Waals surface area contributed by atoms with Crippen LogP contribution in [-0.4, -0.2) is 73.4 Å². The Hall–Kier alpha value is -1.28. The van der Waals surface area contributed by atoms with Gasteiger partial charge in [0.15, 0.2) is 0 Å². The fourth-order valence-corrected chi connectivity index (χ4v) is 5.22. The van der Waals surface area contributed by atoms with E-state index in [1.54, 1.807) is 6.08 Å². The van der Waals surface area contributed by atoms with Crippen LogP contribution in [0.3, 0.4) is 0 Å². The van der Waals surface area contributed by atoms with Crippen LogP contribution in [0.1, 0.15) is 129 Å². The molecule has 0 aliphatic heterocycles. The van der Waals surface area contributed by atoms with Gasteiger partial charge in [0, 0.05) is 6.42 Å². The minimum absolute atomic E-state index is 0.0580. The molecule has 0 spiro atoms. The molecule has 0 bridgehead atoms. The second kappa shape index (κ2) is 28.0. The number of aliphatic hydroxyl groups excluding tert-OH is 1. The molecule has 0 aliphatic carbocycles. The zero-order chi connectivity index (χ0) is 32.9. The van der Waals surface area contributed by atoms with Crippen LogP contribution >= 0.6 is 7.82 Å². The second-order valence-electron chi connectivity index (χ2n) is 12.9. The number of phosphoric ester groups is 1. The van der Waals surface area contributed by atoms with Crippen molar-refractivity contribution in [2.24, 2.45) is 0 Å². The smallest absolute Gasteiger partial charge is 0.387 e. The van der Waals surface area contributed by atoms with Crippen molar-refractivity contribution in [1.82, 2.24) is 5.32 Å². The van der Waals surface area contributed by atoms with Gasteiger partial charge in [-0.3, -0.25) is 13.8 Å². The standard InChI is InChI=1S/C35H67N2O6P/c1-6-8-10-11-12-13-14-15-16-17-18-19-20-21-22-23-24-25-27-29-35(39)36-33(34(38)28-26-9-7-2)32-43-44(40,41)42-31-30-37(3,4)5/h12-13,15-16,26,28,33-34,38H,6-11,14,17-25,27,29-32H2,1-5H3,(H-,36,39,40,41)/p+1/b13-12-,16-15-,28-26+. The van der Waals surface area contributed by atoms with E-state index in [-0.39, 0.29) is 19.1 Å². The Balaban J connectivity index is 4.13. The molecule has 0 saturated heterocycles. The number of carbonyl (C=O) groups excluding carboxylic acids is 1. The van der Waals surface area contributed by atoms with Gasteiger partial charge in [-0.2, -0.15) is 0 Å². The predicted octanol–water partition coefficient (Wildman–Crippen LogP) is 8.40. The number of allylic oxidation sites excluding steroid dienone is 5. The molecule has 8 nitrogen and oxygen atoms in total. The molecule has 1 amide bonds. The van der Waals surface area contributed by atoms with Crippen LogP contribution in [-0.2, 0) is 18.4 Å². The number of amides is 1. The largest absolute Gasteiger partial charge is 0.472 e. The molecule has 0 saturated carbocycles. The summed E-state index contributed by atoms with van der Waals surface area (Å²) >= 11 is 0. The van der Waals surface area contributed by atoms with E-state index in [1.807, 2.05) is 34.1 Å². The number of hydrogen-bond acceptors (Lipinski definition) is 5. The number of phosphoric acid groups is 1. The van der Waals surface area contributed by atoms with Crippen molar-refractivity contribution in [3.8, 4) is 0 Å². The number of rotatable bonds is 30. The number of quaternary nitrogens is 1. The van der Waals surface area contributed by atoms with Crippen LogP contribution in [0.4, 0.5) is 0 Å². The molecule has 0 rings (SSSR count). The molecule has 3 N–H and O–H groups in total. The van der Waals surface area contributed by atoms with Crippen LogP contribution in [0, 0.1) is 0 Å². The van der Waals surface area contributed by atoms with E-state index in [0.29, 0.717) is 17.4 Å². The molecule has 0 aromatic heterocycles. The number of hydrogen-bond donors (Lipinski definition) is 3. The van der Waals surface area contributed by atoms with E-state index in [9.17, 15) is 19.4 Å². The number of likely N-dealkylation sites (N-methyl/N-ethyl adjacent to an activating group) is 1. The molecular formula is C35H68N2O6P+. The molecule has 9 heteroatoms. The van der Waals surface area contributed by atoms with Crippen LogP contribution in [0.15, 0.2) is 36.5 Å². The highest BCUT2D eigenvalue weighted by Crippen LogP contribution is 2.43. The Kier molecular flexibility index (Phi) is 27.2. The molecule has 3 unspecified atom stereocenters. The van der Waals surface area contributed by atoms with Gasteiger partial charge in [-0.25, -0.2) is 4.57 Å². The van der Waals surface area contributed by atoms with Gasteiger partial charge in [-0.1, -0.05) is 115 Å². The van der Waals surface area contributed by atoms with Crippen LogP contribution < -0.4 is 5.32 Å². The second-order valence-corrected chi connectivity index (χ2v) is 14.3. The lowest BCUT2D eigenvalue weighted by Gasteiger charge is -2.25. The topological polar surface area (TPSA) is 105 Å². The summed E-state index contributed by atoms with van der Waals surface area (Å²) in [6.07, 6.45) is 31.4. The van der Waals surface area contributed by atoms with Gasteiger partial charge in [-0.05, 0) is 44.9 Å². The number of aliphatic hydroxyl groups is 1. The first kappa shape index (κ1) is 42.7. The SMILES string of the molecule is CCC/C=C/C(O)C(COP(=O)(O)OCC[N+](C)(C)C)NC(=O)CCCCCCCCCCC/C=C\C/C=C\CCCCC. The third kappa shape index (κ3) is 29.4. The van der Waals surface area contributed by atoms with Crippen LogP contribution in [0.2, 0.25) is 0 Å². The molecule has 258 valence electrons. The molecule has 0 radical (unpaired) electrons. The van der Waals surface area contributed by atoms with E-state index < -0.39 is 20.0 Å². The van der Waals surface area contributed by atoms with Gasteiger partial charge in [-0.15, -0.1) is 0 Å². The molecule has 3 atom stereocenters. The van der Waals surface area contributed by atoms with Crippen molar-refractivity contribution in [2.45, 2.75) is 142 Å². The number of nitrogens with zero attached hydrogens (tertiary/aromatic N) is 1.